The number of likely N-dealkylation sites (tertiary alicyclic amines) is 1. The maximum Gasteiger partial charge on any atom is 0.245 e. The molecule has 8 heteroatoms. The van der Waals surface area contributed by atoms with E-state index in [2.05, 4.69) is 26.1 Å². The van der Waals surface area contributed by atoms with E-state index in [1.165, 1.54) is 0 Å². The molecule has 3 atom stereocenters. The number of rotatable bonds is 6. The Kier molecular flexibility index (Phi) is 7.10. The average Bonchev–Trinajstić information content (AvgIpc) is 3.30. The lowest BCUT2D eigenvalue weighted by Crippen LogP contribution is -2.53. The Morgan fingerprint density at radius 3 is 2.38 bits per heavy atom. The third-order valence-corrected chi connectivity index (χ3v) is 7.07. The first-order valence-corrected chi connectivity index (χ1v) is 12.4. The lowest BCUT2D eigenvalue weighted by molar-refractivity contribution is -0.144. The van der Waals surface area contributed by atoms with E-state index in [0.717, 1.165) is 45.4 Å². The standard InChI is InChI=1S/C24H40N4O4/c1-24(2,3)14-21(29)27(16-19-5-4-12-32-19)18-13-20(23(31)26-10-8-25-9-11-26)28(15-18)22(30)17-6-7-17/h17-20,25H,4-16H2,1-3H3. The first kappa shape index (κ1) is 23.5. The molecule has 3 amide bonds. The van der Waals surface area contributed by atoms with Crippen LogP contribution in [0.1, 0.15) is 59.3 Å². The number of carbonyl (C=O) groups excluding carboxylic acids is 3. The van der Waals surface area contributed by atoms with E-state index in [9.17, 15) is 14.4 Å². The van der Waals surface area contributed by atoms with Crippen molar-refractivity contribution in [2.45, 2.75) is 77.5 Å². The van der Waals surface area contributed by atoms with Crippen molar-refractivity contribution >= 4 is 17.7 Å². The molecule has 0 aromatic rings. The molecule has 0 radical (unpaired) electrons. The number of carbonyl (C=O) groups is 3. The van der Waals surface area contributed by atoms with Crippen LogP contribution < -0.4 is 5.32 Å². The van der Waals surface area contributed by atoms with Crippen LogP contribution in [0.15, 0.2) is 0 Å². The van der Waals surface area contributed by atoms with E-state index in [1.807, 2.05) is 9.80 Å². The SMILES string of the molecule is CC(C)(C)CC(=O)N(CC1CCCO1)C1CC(C(=O)N2CCNCC2)N(C(=O)C2CC2)C1. The highest BCUT2D eigenvalue weighted by atomic mass is 16.5. The van der Waals surface area contributed by atoms with Crippen LogP contribution in [0, 0.1) is 11.3 Å². The molecule has 8 nitrogen and oxygen atoms in total. The molecule has 0 aromatic carbocycles. The number of hydrogen-bond donors (Lipinski definition) is 1. The summed E-state index contributed by atoms with van der Waals surface area (Å²) >= 11 is 0. The maximum absolute atomic E-state index is 13.4. The van der Waals surface area contributed by atoms with Crippen LogP contribution in [0.2, 0.25) is 0 Å². The summed E-state index contributed by atoms with van der Waals surface area (Å²) in [5, 5.41) is 3.29. The zero-order chi connectivity index (χ0) is 22.9. The lowest BCUT2D eigenvalue weighted by Gasteiger charge is -2.33. The van der Waals surface area contributed by atoms with Crippen LogP contribution in [0.4, 0.5) is 0 Å². The first-order valence-electron chi connectivity index (χ1n) is 12.4. The normalized spacial score (nSPS) is 28.8. The van der Waals surface area contributed by atoms with Crippen molar-refractivity contribution in [2.24, 2.45) is 11.3 Å². The lowest BCUT2D eigenvalue weighted by atomic mass is 9.91. The highest BCUT2D eigenvalue weighted by Crippen LogP contribution is 2.36. The molecular weight excluding hydrogens is 408 g/mol. The molecule has 3 heterocycles. The van der Waals surface area contributed by atoms with Crippen molar-refractivity contribution in [1.82, 2.24) is 20.0 Å². The van der Waals surface area contributed by atoms with Gasteiger partial charge in [-0.1, -0.05) is 20.8 Å². The molecule has 3 aliphatic heterocycles. The van der Waals surface area contributed by atoms with Gasteiger partial charge in [0, 0.05) is 58.2 Å². The Morgan fingerprint density at radius 2 is 1.78 bits per heavy atom. The highest BCUT2D eigenvalue weighted by Gasteiger charge is 2.48. The van der Waals surface area contributed by atoms with Crippen LogP contribution in [0.25, 0.3) is 0 Å². The fraction of sp³-hybridized carbons (Fsp3) is 0.875. The minimum atomic E-state index is -0.458. The quantitative estimate of drug-likeness (QED) is 0.661. The maximum atomic E-state index is 13.4. The summed E-state index contributed by atoms with van der Waals surface area (Å²) in [6.07, 6.45) is 4.84. The molecule has 0 bridgehead atoms. The van der Waals surface area contributed by atoms with E-state index in [4.69, 9.17) is 4.74 Å². The summed E-state index contributed by atoms with van der Waals surface area (Å²) in [6.45, 7) is 10.9. The summed E-state index contributed by atoms with van der Waals surface area (Å²) < 4.78 is 5.86. The molecular formula is C24H40N4O4. The van der Waals surface area contributed by atoms with Crippen molar-refractivity contribution in [1.29, 1.82) is 0 Å². The number of piperazine rings is 1. The summed E-state index contributed by atoms with van der Waals surface area (Å²) in [5.74, 6) is 0.306. The van der Waals surface area contributed by atoms with Gasteiger partial charge < -0.3 is 24.8 Å². The Balaban J connectivity index is 1.53. The predicted molar refractivity (Wildman–Crippen MR) is 121 cm³/mol. The fourth-order valence-corrected chi connectivity index (χ4v) is 5.20. The summed E-state index contributed by atoms with van der Waals surface area (Å²) in [7, 11) is 0. The van der Waals surface area contributed by atoms with Gasteiger partial charge in [-0.05, 0) is 37.5 Å². The van der Waals surface area contributed by atoms with Crippen LogP contribution in [-0.2, 0) is 19.1 Å². The number of amides is 3. The van der Waals surface area contributed by atoms with Crippen LogP contribution in [0.5, 0.6) is 0 Å². The van der Waals surface area contributed by atoms with Gasteiger partial charge >= 0.3 is 0 Å². The molecule has 4 aliphatic rings. The first-order chi connectivity index (χ1) is 15.2. The van der Waals surface area contributed by atoms with Gasteiger partial charge in [-0.2, -0.15) is 0 Å². The van der Waals surface area contributed by atoms with Gasteiger partial charge in [0.05, 0.1) is 12.1 Å². The Labute approximate surface area is 192 Å². The molecule has 180 valence electrons. The van der Waals surface area contributed by atoms with Gasteiger partial charge in [0.15, 0.2) is 0 Å². The monoisotopic (exact) mass is 448 g/mol. The van der Waals surface area contributed by atoms with Gasteiger partial charge in [-0.25, -0.2) is 0 Å². The van der Waals surface area contributed by atoms with Crippen LogP contribution in [-0.4, -0.2) is 96.5 Å². The largest absolute Gasteiger partial charge is 0.376 e. The van der Waals surface area contributed by atoms with E-state index < -0.39 is 6.04 Å². The van der Waals surface area contributed by atoms with E-state index in [-0.39, 0.29) is 41.2 Å². The van der Waals surface area contributed by atoms with Crippen molar-refractivity contribution in [2.75, 3.05) is 45.9 Å². The minimum absolute atomic E-state index is 0.0448. The molecule has 0 spiro atoms. The average molecular weight is 449 g/mol. The number of nitrogens with one attached hydrogen (secondary N) is 1. The van der Waals surface area contributed by atoms with Crippen molar-refractivity contribution in [3.05, 3.63) is 0 Å². The summed E-state index contributed by atoms with van der Waals surface area (Å²) in [6, 6.07) is -0.589. The summed E-state index contributed by atoms with van der Waals surface area (Å²) in [4.78, 5) is 45.6. The smallest absolute Gasteiger partial charge is 0.245 e. The van der Waals surface area contributed by atoms with Gasteiger partial charge in [0.1, 0.15) is 6.04 Å². The molecule has 1 saturated carbocycles. The fourth-order valence-electron chi connectivity index (χ4n) is 5.20. The zero-order valence-corrected chi connectivity index (χ0v) is 20.0. The molecule has 3 saturated heterocycles. The molecule has 4 fully saturated rings. The Morgan fingerprint density at radius 1 is 1.06 bits per heavy atom. The number of nitrogens with zero attached hydrogens (tertiary/aromatic N) is 3. The minimum Gasteiger partial charge on any atom is -0.376 e. The Hall–Kier alpha value is -1.67. The predicted octanol–water partition coefficient (Wildman–Crippen LogP) is 1.24. The highest BCUT2D eigenvalue weighted by molar-refractivity contribution is 5.90. The number of ether oxygens (including phenoxy) is 1. The van der Waals surface area contributed by atoms with Crippen LogP contribution >= 0.6 is 0 Å². The third-order valence-electron chi connectivity index (χ3n) is 7.07. The van der Waals surface area contributed by atoms with E-state index in [1.54, 1.807) is 4.90 Å². The second-order valence-electron chi connectivity index (χ2n) is 11.2. The zero-order valence-electron chi connectivity index (χ0n) is 20.0. The van der Waals surface area contributed by atoms with Crippen molar-refractivity contribution in [3.63, 3.8) is 0 Å². The number of hydrogen-bond acceptors (Lipinski definition) is 5. The molecule has 4 rings (SSSR count). The van der Waals surface area contributed by atoms with Crippen LogP contribution in [0.3, 0.4) is 0 Å². The molecule has 1 N–H and O–H groups in total. The second kappa shape index (κ2) is 9.67. The van der Waals surface area contributed by atoms with Gasteiger partial charge in [0.25, 0.3) is 0 Å². The topological polar surface area (TPSA) is 82.2 Å². The Bertz CT molecular complexity index is 705. The third kappa shape index (κ3) is 5.63. The second-order valence-corrected chi connectivity index (χ2v) is 11.2. The van der Waals surface area contributed by atoms with E-state index >= 15 is 0 Å². The molecule has 3 unspecified atom stereocenters. The van der Waals surface area contributed by atoms with E-state index in [0.29, 0.717) is 39.0 Å². The molecule has 0 aromatic heterocycles. The van der Waals surface area contributed by atoms with Crippen molar-refractivity contribution < 1.29 is 19.1 Å². The summed E-state index contributed by atoms with van der Waals surface area (Å²) in [5.41, 5.74) is -0.121. The van der Waals surface area contributed by atoms with Gasteiger partial charge in [0.2, 0.25) is 17.7 Å². The molecule has 32 heavy (non-hydrogen) atoms. The molecule has 1 aliphatic carbocycles. The van der Waals surface area contributed by atoms with Gasteiger partial charge in [-0.3, -0.25) is 14.4 Å². The van der Waals surface area contributed by atoms with Gasteiger partial charge in [-0.15, -0.1) is 0 Å². The van der Waals surface area contributed by atoms with Crippen molar-refractivity contribution in [3.8, 4) is 0 Å².